The summed E-state index contributed by atoms with van der Waals surface area (Å²) >= 11 is 0. The highest BCUT2D eigenvalue weighted by molar-refractivity contribution is 6.38. The number of aromatic nitrogens is 2. The highest BCUT2D eigenvalue weighted by atomic mass is 16.2. The predicted molar refractivity (Wildman–Crippen MR) is 145 cm³/mol. The Morgan fingerprint density at radius 1 is 1.03 bits per heavy atom. The first-order valence-corrected chi connectivity index (χ1v) is 14.0. The molecule has 2 N–H and O–H groups in total. The lowest BCUT2D eigenvalue weighted by atomic mass is 9.90. The Kier molecular flexibility index (Phi) is 9.79. The molecule has 2 amide bonds. The molecule has 39 heavy (non-hydrogen) atoms. The number of Topliss-reactive ketones (excluding diaryl/α,β-unsaturated/α-hetero) is 3. The van der Waals surface area contributed by atoms with E-state index >= 15 is 0 Å². The summed E-state index contributed by atoms with van der Waals surface area (Å²) in [5, 5.41) is 9.69. The largest absolute Gasteiger partial charge is 0.347 e. The first kappa shape index (κ1) is 28.4. The second-order valence-corrected chi connectivity index (χ2v) is 10.9. The van der Waals surface area contributed by atoms with E-state index in [0.29, 0.717) is 18.4 Å². The molecule has 2 saturated carbocycles. The van der Waals surface area contributed by atoms with E-state index in [1.807, 2.05) is 30.3 Å². The molecule has 208 valence electrons. The van der Waals surface area contributed by atoms with Gasteiger partial charge in [0.2, 0.25) is 11.7 Å². The average Bonchev–Trinajstić information content (AvgIpc) is 3.56. The van der Waals surface area contributed by atoms with Gasteiger partial charge in [0, 0.05) is 44.0 Å². The molecule has 2 fully saturated rings. The number of benzene rings is 1. The minimum absolute atomic E-state index is 0.0532. The van der Waals surface area contributed by atoms with Crippen LogP contribution in [0.1, 0.15) is 80.1 Å². The Hall–Kier alpha value is -3.62. The van der Waals surface area contributed by atoms with Gasteiger partial charge in [-0.2, -0.15) is 5.10 Å². The number of amides is 2. The number of hydrogen-bond acceptors (Lipinski definition) is 6. The first-order chi connectivity index (χ1) is 18.8. The summed E-state index contributed by atoms with van der Waals surface area (Å²) < 4.78 is 1.53. The third-order valence-corrected chi connectivity index (χ3v) is 7.90. The Bertz CT molecular complexity index is 1180. The number of carbonyl (C=O) groups is 5. The second kappa shape index (κ2) is 13.4. The minimum atomic E-state index is -1.13. The summed E-state index contributed by atoms with van der Waals surface area (Å²) in [6, 6.07) is 8.18. The van der Waals surface area contributed by atoms with Crippen LogP contribution in [0, 0.1) is 11.8 Å². The number of ketones is 3. The monoisotopic (exact) mass is 534 g/mol. The first-order valence-electron chi connectivity index (χ1n) is 14.0. The third-order valence-electron chi connectivity index (χ3n) is 7.90. The van der Waals surface area contributed by atoms with Gasteiger partial charge in [0.05, 0.1) is 17.8 Å². The molecule has 1 aromatic heterocycles. The van der Waals surface area contributed by atoms with Crippen molar-refractivity contribution in [2.75, 3.05) is 0 Å². The van der Waals surface area contributed by atoms with Crippen LogP contribution < -0.4 is 10.6 Å². The maximum absolute atomic E-state index is 13.6. The van der Waals surface area contributed by atoms with Crippen molar-refractivity contribution in [2.24, 2.45) is 18.9 Å². The van der Waals surface area contributed by atoms with E-state index in [1.54, 1.807) is 13.2 Å². The van der Waals surface area contributed by atoms with Crippen LogP contribution in [-0.4, -0.2) is 51.0 Å². The Morgan fingerprint density at radius 3 is 2.41 bits per heavy atom. The molecular weight excluding hydrogens is 496 g/mol. The maximum Gasteiger partial charge on any atom is 0.289 e. The normalized spacial score (nSPS) is 19.3. The molecule has 1 aromatic carbocycles. The number of nitrogens with zero attached hydrogens (tertiary/aromatic N) is 2. The Labute approximate surface area is 229 Å². The Balaban J connectivity index is 1.51. The van der Waals surface area contributed by atoms with E-state index in [-0.39, 0.29) is 42.8 Å². The summed E-state index contributed by atoms with van der Waals surface area (Å²) in [7, 11) is 1.71. The fourth-order valence-corrected chi connectivity index (χ4v) is 5.67. The molecule has 0 saturated heterocycles. The lowest BCUT2D eigenvalue weighted by Crippen LogP contribution is -2.52. The predicted octanol–water partition coefficient (Wildman–Crippen LogP) is 3.11. The van der Waals surface area contributed by atoms with Gasteiger partial charge in [-0.3, -0.25) is 28.7 Å². The van der Waals surface area contributed by atoms with Gasteiger partial charge >= 0.3 is 0 Å². The molecule has 3 atom stereocenters. The number of carbonyl (C=O) groups excluding carboxylic acids is 5. The van der Waals surface area contributed by atoms with Crippen LogP contribution in [0.25, 0.3) is 0 Å². The molecular formula is C30H38N4O5. The van der Waals surface area contributed by atoms with Crippen LogP contribution >= 0.6 is 0 Å². The molecule has 0 bridgehead atoms. The lowest BCUT2D eigenvalue weighted by molar-refractivity contribution is -0.141. The van der Waals surface area contributed by atoms with Gasteiger partial charge in [0.15, 0.2) is 5.78 Å². The SMILES string of the molecule is Cn1cc(C(=O)C[C@@H](Cc2ccccc2)C(=O)N[C@@H](C[C@@H]2CCCC2=O)C(=O)C(=O)NC2CCCCC2)cn1. The zero-order chi connectivity index (χ0) is 27.8. The van der Waals surface area contributed by atoms with Crippen molar-refractivity contribution in [1.82, 2.24) is 20.4 Å². The van der Waals surface area contributed by atoms with Crippen molar-refractivity contribution in [3.63, 3.8) is 0 Å². The van der Waals surface area contributed by atoms with Gasteiger partial charge < -0.3 is 10.6 Å². The van der Waals surface area contributed by atoms with Gasteiger partial charge in [0.1, 0.15) is 5.78 Å². The fraction of sp³-hybridized carbons (Fsp3) is 0.533. The van der Waals surface area contributed by atoms with E-state index in [0.717, 1.165) is 44.1 Å². The van der Waals surface area contributed by atoms with Crippen LogP contribution in [0.15, 0.2) is 42.7 Å². The zero-order valence-corrected chi connectivity index (χ0v) is 22.6. The minimum Gasteiger partial charge on any atom is -0.347 e. The second-order valence-electron chi connectivity index (χ2n) is 10.9. The number of aryl methyl sites for hydroxylation is 1. The summed E-state index contributed by atoms with van der Waals surface area (Å²) in [6.07, 6.45) is 9.96. The van der Waals surface area contributed by atoms with Crippen LogP contribution in [0.5, 0.6) is 0 Å². The number of rotatable bonds is 12. The molecule has 0 radical (unpaired) electrons. The summed E-state index contributed by atoms with van der Waals surface area (Å²) in [5.74, 6) is -3.24. The molecule has 2 aliphatic rings. The standard InChI is InChI=1S/C30H38N4O5/c1-34-19-23(18-31-34)27(36)17-22(15-20-9-4-2-5-10-20)29(38)33-25(16-21-11-8-14-26(21)35)28(37)30(39)32-24-12-6-3-7-13-24/h2,4-5,9-10,18-19,21-22,24-25H,3,6-8,11-17H2,1H3,(H,32,39)(H,33,38)/t21-,22+,25-/m0/s1. The van der Waals surface area contributed by atoms with Gasteiger partial charge in [-0.25, -0.2) is 0 Å². The van der Waals surface area contributed by atoms with Crippen molar-refractivity contribution in [2.45, 2.75) is 82.7 Å². The third kappa shape index (κ3) is 7.94. The van der Waals surface area contributed by atoms with E-state index < -0.39 is 29.6 Å². The molecule has 0 aliphatic heterocycles. The number of nitrogens with one attached hydrogen (secondary N) is 2. The molecule has 9 nitrogen and oxygen atoms in total. The summed E-state index contributed by atoms with van der Waals surface area (Å²) in [5.41, 5.74) is 1.28. The van der Waals surface area contributed by atoms with Crippen LogP contribution in [0.3, 0.4) is 0 Å². The molecule has 1 heterocycles. The summed E-state index contributed by atoms with van der Waals surface area (Å²) in [4.78, 5) is 65.4. The summed E-state index contributed by atoms with van der Waals surface area (Å²) in [6.45, 7) is 0. The van der Waals surface area contributed by atoms with Crippen molar-refractivity contribution >= 4 is 29.2 Å². The highest BCUT2D eigenvalue weighted by Gasteiger charge is 2.36. The van der Waals surface area contributed by atoms with Crippen LogP contribution in [-0.2, 0) is 32.6 Å². The molecule has 0 unspecified atom stereocenters. The molecule has 9 heteroatoms. The average molecular weight is 535 g/mol. The van der Waals surface area contributed by atoms with Crippen molar-refractivity contribution < 1.29 is 24.0 Å². The van der Waals surface area contributed by atoms with Crippen molar-refractivity contribution in [1.29, 1.82) is 0 Å². The van der Waals surface area contributed by atoms with Gasteiger partial charge in [0.25, 0.3) is 5.91 Å². The van der Waals surface area contributed by atoms with Gasteiger partial charge in [-0.05, 0) is 44.1 Å². The highest BCUT2D eigenvalue weighted by Crippen LogP contribution is 2.26. The Morgan fingerprint density at radius 2 is 1.77 bits per heavy atom. The van der Waals surface area contributed by atoms with E-state index in [2.05, 4.69) is 15.7 Å². The maximum atomic E-state index is 13.6. The number of hydrogen-bond donors (Lipinski definition) is 2. The van der Waals surface area contributed by atoms with Gasteiger partial charge in [-0.15, -0.1) is 0 Å². The quantitative estimate of drug-likeness (QED) is 0.318. The molecule has 4 rings (SSSR count). The van der Waals surface area contributed by atoms with Crippen molar-refractivity contribution in [3.05, 3.63) is 53.9 Å². The van der Waals surface area contributed by atoms with E-state index in [1.165, 1.54) is 10.9 Å². The molecule has 2 aromatic rings. The van der Waals surface area contributed by atoms with E-state index in [4.69, 9.17) is 0 Å². The molecule has 2 aliphatic carbocycles. The lowest BCUT2D eigenvalue weighted by Gasteiger charge is -2.26. The van der Waals surface area contributed by atoms with Crippen LogP contribution in [0.4, 0.5) is 0 Å². The smallest absolute Gasteiger partial charge is 0.289 e. The van der Waals surface area contributed by atoms with E-state index in [9.17, 15) is 24.0 Å². The zero-order valence-electron chi connectivity index (χ0n) is 22.6. The fourth-order valence-electron chi connectivity index (χ4n) is 5.67. The van der Waals surface area contributed by atoms with Gasteiger partial charge in [-0.1, -0.05) is 49.6 Å². The molecule has 0 spiro atoms. The van der Waals surface area contributed by atoms with Crippen molar-refractivity contribution in [3.8, 4) is 0 Å². The van der Waals surface area contributed by atoms with Crippen LogP contribution in [0.2, 0.25) is 0 Å². The topological polar surface area (TPSA) is 127 Å².